The molecule has 0 aliphatic heterocycles. The van der Waals surface area contributed by atoms with E-state index in [-0.39, 0.29) is 34.1 Å². The van der Waals surface area contributed by atoms with Crippen molar-refractivity contribution >= 4 is 0 Å². The summed E-state index contributed by atoms with van der Waals surface area (Å²) in [5, 5.41) is 59.0. The van der Waals surface area contributed by atoms with Crippen molar-refractivity contribution in [3.8, 4) is 0 Å². The zero-order valence-corrected chi connectivity index (χ0v) is 9.80. The largest absolute Gasteiger partial charge is 2.00 e. The van der Waals surface area contributed by atoms with Crippen molar-refractivity contribution in [3.63, 3.8) is 0 Å². The van der Waals surface area contributed by atoms with E-state index in [1.807, 2.05) is 0 Å². The van der Waals surface area contributed by atoms with Gasteiger partial charge in [0.05, 0.1) is 20.3 Å². The molecule has 0 amide bonds. The first-order chi connectivity index (χ1) is 6.93. The van der Waals surface area contributed by atoms with Crippen LogP contribution >= 0.6 is 0 Å². The van der Waals surface area contributed by atoms with Crippen LogP contribution in [0, 0.1) is 61.3 Å². The molecule has 18 heteroatoms. The van der Waals surface area contributed by atoms with Crippen LogP contribution in [0.4, 0.5) is 0 Å². The molecule has 0 N–H and O–H groups in total. The third-order valence-electron chi connectivity index (χ3n) is 0. The van der Waals surface area contributed by atoms with Crippen molar-refractivity contribution in [2.45, 2.75) is 0 Å². The van der Waals surface area contributed by atoms with E-state index >= 15 is 0 Å². The normalized spacial score (nSPS) is 5.33. The number of hydrogen-bond donors (Lipinski definition) is 0. The fourth-order valence-corrected chi connectivity index (χ4v) is 0. The molecule has 18 heavy (non-hydrogen) atoms. The van der Waals surface area contributed by atoms with Crippen LogP contribution < -0.4 is 0 Å². The van der Waals surface area contributed by atoms with Gasteiger partial charge in [0, 0.05) is 0 Å². The van der Waals surface area contributed by atoms with Gasteiger partial charge < -0.3 is 61.3 Å². The summed E-state index contributed by atoms with van der Waals surface area (Å²) in [5.41, 5.74) is 0. The number of nitrogens with zero attached hydrogens (tertiary/aromatic N) is 4. The van der Waals surface area contributed by atoms with E-state index in [9.17, 15) is 0 Å². The molecule has 0 aliphatic rings. The molecular weight excluding hydrogens is 358 g/mol. The van der Waals surface area contributed by atoms with Gasteiger partial charge in [0.15, 0.2) is 0 Å². The van der Waals surface area contributed by atoms with Crippen molar-refractivity contribution in [3.05, 3.63) is 61.3 Å². The Morgan fingerprint density at radius 1 is 0.389 bits per heavy atom. The fraction of sp³-hybridized carbons (Fsp3) is 0. The first kappa shape index (κ1) is 36.0. The molecule has 0 saturated carbocycles. The number of hydrogen-bond acceptors (Lipinski definition) is 12. The Kier molecular flexibility index (Phi) is 58.8. The van der Waals surface area contributed by atoms with E-state index in [1.54, 1.807) is 0 Å². The van der Waals surface area contributed by atoms with Crippen LogP contribution in [0.5, 0.6) is 0 Å². The van der Waals surface area contributed by atoms with E-state index in [0.29, 0.717) is 0 Å². The summed E-state index contributed by atoms with van der Waals surface area (Å²) in [5.74, 6) is 0. The minimum atomic E-state index is -1.75. The standard InChI is InChI=1S/2Mn.4NO3/c;;4*2-1(3)4/q2*+2;4*-1. The molecule has 0 bridgehead atoms. The van der Waals surface area contributed by atoms with Crippen LogP contribution in [0.15, 0.2) is 0 Å². The van der Waals surface area contributed by atoms with Crippen molar-refractivity contribution in [1.82, 2.24) is 0 Å². The molecular formula is Mn2N4O12. The van der Waals surface area contributed by atoms with Crippen molar-refractivity contribution in [2.75, 3.05) is 0 Å². The third kappa shape index (κ3) is 488. The molecule has 0 aromatic rings. The average Bonchev–Trinajstić information content (AvgIpc) is 1.76. The van der Waals surface area contributed by atoms with E-state index in [0.717, 1.165) is 0 Å². The summed E-state index contributed by atoms with van der Waals surface area (Å²) in [4.78, 5) is 33.0. The van der Waals surface area contributed by atoms with Crippen LogP contribution in [-0.4, -0.2) is 20.3 Å². The second-order valence-corrected chi connectivity index (χ2v) is 0.894. The quantitative estimate of drug-likeness (QED) is 0.287. The van der Waals surface area contributed by atoms with Gasteiger partial charge in [0.25, 0.3) is 0 Å². The second-order valence-electron chi connectivity index (χ2n) is 0.894. The molecule has 0 aromatic heterocycles. The molecule has 0 atom stereocenters. The molecule has 0 rings (SSSR count). The maximum Gasteiger partial charge on any atom is 2.00 e. The maximum atomic E-state index is 8.25. The third-order valence-corrected chi connectivity index (χ3v) is 0. The van der Waals surface area contributed by atoms with Gasteiger partial charge >= 0.3 is 34.1 Å². The summed E-state index contributed by atoms with van der Waals surface area (Å²) in [6, 6.07) is 0. The van der Waals surface area contributed by atoms with Gasteiger partial charge in [-0.05, 0) is 0 Å². The Bertz CT molecular complexity index is 162. The summed E-state index contributed by atoms with van der Waals surface area (Å²) >= 11 is 0. The van der Waals surface area contributed by atoms with E-state index in [4.69, 9.17) is 61.3 Å². The Balaban J connectivity index is -0.0000000257. The summed E-state index contributed by atoms with van der Waals surface area (Å²) in [7, 11) is 0. The number of rotatable bonds is 0. The van der Waals surface area contributed by atoms with Crippen LogP contribution in [0.1, 0.15) is 0 Å². The van der Waals surface area contributed by atoms with Gasteiger partial charge in [-0.3, -0.25) is 0 Å². The van der Waals surface area contributed by atoms with E-state index < -0.39 is 20.3 Å². The second kappa shape index (κ2) is 29.4. The van der Waals surface area contributed by atoms with Crippen LogP contribution in [0.3, 0.4) is 0 Å². The average molecular weight is 358 g/mol. The first-order valence-electron chi connectivity index (χ1n) is 2.19. The van der Waals surface area contributed by atoms with Gasteiger partial charge in [-0.25, -0.2) is 0 Å². The van der Waals surface area contributed by atoms with Gasteiger partial charge in [0.1, 0.15) is 0 Å². The Hall–Kier alpha value is -2.16. The molecule has 16 nitrogen and oxygen atoms in total. The molecule has 0 fully saturated rings. The van der Waals surface area contributed by atoms with Gasteiger partial charge in [0.2, 0.25) is 0 Å². The fourth-order valence-electron chi connectivity index (χ4n) is 0. The topological polar surface area (TPSA) is 265 Å². The zero-order valence-electron chi connectivity index (χ0n) is 7.44. The molecule has 0 aliphatic carbocycles. The Morgan fingerprint density at radius 3 is 0.389 bits per heavy atom. The molecule has 0 aromatic carbocycles. The predicted octanol–water partition coefficient (Wildman–Crippen LogP) is -0.961. The monoisotopic (exact) mass is 358 g/mol. The smallest absolute Gasteiger partial charge is 0.356 e. The molecule has 0 spiro atoms. The van der Waals surface area contributed by atoms with Gasteiger partial charge in [-0.1, -0.05) is 0 Å². The van der Waals surface area contributed by atoms with Crippen molar-refractivity contribution in [2.24, 2.45) is 0 Å². The SMILES string of the molecule is O=[N+]([O-])[O-].O=[N+]([O-])[O-].O=[N+]([O-])[O-].O=[N+]([O-])[O-].[Mn+2].[Mn+2]. The van der Waals surface area contributed by atoms with Gasteiger partial charge in [-0.15, -0.1) is 0 Å². The zero-order chi connectivity index (χ0) is 14.3. The van der Waals surface area contributed by atoms with E-state index in [2.05, 4.69) is 0 Å². The predicted molar refractivity (Wildman–Crippen MR) is 41.4 cm³/mol. The molecule has 0 saturated heterocycles. The minimum absolute atomic E-state index is 0. The molecule has 2 radical (unpaired) electrons. The minimum Gasteiger partial charge on any atom is -0.356 e. The molecule has 0 unspecified atom stereocenters. The van der Waals surface area contributed by atoms with Crippen molar-refractivity contribution < 1.29 is 54.5 Å². The van der Waals surface area contributed by atoms with Crippen LogP contribution in [0.2, 0.25) is 0 Å². The van der Waals surface area contributed by atoms with Crippen LogP contribution in [0.25, 0.3) is 0 Å². The van der Waals surface area contributed by atoms with Crippen molar-refractivity contribution in [1.29, 1.82) is 0 Å². The van der Waals surface area contributed by atoms with E-state index in [1.165, 1.54) is 0 Å². The molecule has 0 heterocycles. The Morgan fingerprint density at radius 2 is 0.389 bits per heavy atom. The summed E-state index contributed by atoms with van der Waals surface area (Å²) < 4.78 is 0. The Labute approximate surface area is 116 Å². The maximum absolute atomic E-state index is 8.25. The molecule has 106 valence electrons. The summed E-state index contributed by atoms with van der Waals surface area (Å²) in [6.07, 6.45) is 0. The summed E-state index contributed by atoms with van der Waals surface area (Å²) in [6.45, 7) is 0. The van der Waals surface area contributed by atoms with Gasteiger partial charge in [-0.2, -0.15) is 0 Å². The van der Waals surface area contributed by atoms with Crippen LogP contribution in [-0.2, 0) is 34.1 Å². The first-order valence-corrected chi connectivity index (χ1v) is 2.19.